The maximum Gasteiger partial charge on any atom is 0.310 e. The second-order valence-corrected chi connectivity index (χ2v) is 7.36. The molecule has 1 fully saturated rings. The van der Waals surface area contributed by atoms with Gasteiger partial charge in [-0.05, 0) is 29.7 Å². The number of hydrogen-bond donors (Lipinski definition) is 1. The minimum Gasteiger partial charge on any atom is -0.469 e. The molecule has 0 amide bonds. The molecule has 3 unspecified atom stereocenters. The molecule has 0 aliphatic carbocycles. The van der Waals surface area contributed by atoms with Crippen molar-refractivity contribution < 1.29 is 9.53 Å². The highest BCUT2D eigenvalue weighted by atomic mass is 32.1. The van der Waals surface area contributed by atoms with Gasteiger partial charge in [-0.3, -0.25) is 9.79 Å². The number of thiophene rings is 1. The average molecular weight is 337 g/mol. The van der Waals surface area contributed by atoms with Gasteiger partial charge in [0, 0.05) is 31.6 Å². The van der Waals surface area contributed by atoms with Crippen LogP contribution < -0.4 is 5.32 Å². The number of esters is 1. The Balaban J connectivity index is 1.85. The van der Waals surface area contributed by atoms with E-state index in [0.717, 1.165) is 25.5 Å². The summed E-state index contributed by atoms with van der Waals surface area (Å²) in [7, 11) is 3.25. The molecule has 1 aromatic heterocycles. The fourth-order valence-corrected chi connectivity index (χ4v) is 3.91. The highest BCUT2D eigenvalue weighted by molar-refractivity contribution is 7.09. The van der Waals surface area contributed by atoms with Crippen molar-refractivity contribution in [3.05, 3.63) is 22.4 Å². The predicted molar refractivity (Wildman–Crippen MR) is 94.8 cm³/mol. The van der Waals surface area contributed by atoms with E-state index in [1.807, 2.05) is 0 Å². The van der Waals surface area contributed by atoms with Crippen LogP contribution in [0.4, 0.5) is 0 Å². The molecule has 2 rings (SSSR count). The van der Waals surface area contributed by atoms with Crippen LogP contribution in [0, 0.1) is 17.8 Å². The van der Waals surface area contributed by atoms with Gasteiger partial charge in [-0.15, -0.1) is 11.3 Å². The number of carbonyl (C=O) groups is 1. The van der Waals surface area contributed by atoms with Crippen molar-refractivity contribution in [3.8, 4) is 0 Å². The van der Waals surface area contributed by atoms with E-state index in [1.165, 1.54) is 12.0 Å². The summed E-state index contributed by atoms with van der Waals surface area (Å²) in [5.74, 6) is 1.50. The lowest BCUT2D eigenvalue weighted by Gasteiger charge is -2.23. The number of methoxy groups -OCH3 is 1. The van der Waals surface area contributed by atoms with Gasteiger partial charge in [0.2, 0.25) is 0 Å². The zero-order chi connectivity index (χ0) is 16.8. The van der Waals surface area contributed by atoms with Crippen molar-refractivity contribution in [1.82, 2.24) is 10.2 Å². The van der Waals surface area contributed by atoms with Crippen molar-refractivity contribution in [2.45, 2.75) is 20.3 Å². The van der Waals surface area contributed by atoms with Crippen LogP contribution in [0.1, 0.15) is 18.7 Å². The summed E-state index contributed by atoms with van der Waals surface area (Å²) in [6.07, 6.45) is 1.07. The molecule has 1 aromatic rings. The van der Waals surface area contributed by atoms with Gasteiger partial charge in [0.15, 0.2) is 5.96 Å². The molecule has 1 aliphatic rings. The second-order valence-electron chi connectivity index (χ2n) is 6.33. The van der Waals surface area contributed by atoms with E-state index in [-0.39, 0.29) is 17.8 Å². The Hall–Kier alpha value is -1.56. The predicted octanol–water partition coefficient (Wildman–Crippen LogP) is 2.24. The number of carbonyl (C=O) groups excluding carboxylic acids is 1. The monoisotopic (exact) mass is 337 g/mol. The molecule has 0 bridgehead atoms. The summed E-state index contributed by atoms with van der Waals surface area (Å²) in [5.41, 5.74) is 0. The average Bonchev–Trinajstić information content (AvgIpc) is 3.17. The first-order valence-electron chi connectivity index (χ1n) is 8.11. The maximum absolute atomic E-state index is 11.8. The van der Waals surface area contributed by atoms with Crippen LogP contribution in [-0.2, 0) is 16.0 Å². The molecule has 1 saturated heterocycles. The van der Waals surface area contributed by atoms with E-state index in [0.29, 0.717) is 12.5 Å². The Morgan fingerprint density at radius 1 is 1.57 bits per heavy atom. The Morgan fingerprint density at radius 2 is 2.35 bits per heavy atom. The summed E-state index contributed by atoms with van der Waals surface area (Å²) in [5, 5.41) is 5.57. The minimum absolute atomic E-state index is 0.0675. The highest BCUT2D eigenvalue weighted by Gasteiger charge is 2.36. The van der Waals surface area contributed by atoms with Gasteiger partial charge < -0.3 is 15.0 Å². The van der Waals surface area contributed by atoms with Gasteiger partial charge in [-0.2, -0.15) is 0 Å². The van der Waals surface area contributed by atoms with Gasteiger partial charge >= 0.3 is 5.97 Å². The van der Waals surface area contributed by atoms with E-state index >= 15 is 0 Å². The Labute approximate surface area is 142 Å². The Bertz CT molecular complexity index is 530. The van der Waals surface area contributed by atoms with Crippen molar-refractivity contribution in [3.63, 3.8) is 0 Å². The lowest BCUT2D eigenvalue weighted by Crippen LogP contribution is -2.42. The molecule has 0 radical (unpaired) electrons. The van der Waals surface area contributed by atoms with E-state index < -0.39 is 0 Å². The van der Waals surface area contributed by atoms with Gasteiger partial charge in [0.05, 0.1) is 13.0 Å². The van der Waals surface area contributed by atoms with Crippen molar-refractivity contribution in [2.75, 3.05) is 33.8 Å². The number of rotatable bonds is 5. The Morgan fingerprint density at radius 3 is 2.96 bits per heavy atom. The number of likely N-dealkylation sites (tertiary alicyclic amines) is 1. The lowest BCUT2D eigenvalue weighted by atomic mass is 9.99. The molecule has 5 nitrogen and oxygen atoms in total. The third-order valence-electron chi connectivity index (χ3n) is 4.37. The summed E-state index contributed by atoms with van der Waals surface area (Å²) >= 11 is 1.80. The van der Waals surface area contributed by atoms with E-state index in [4.69, 9.17) is 4.74 Å². The summed E-state index contributed by atoms with van der Waals surface area (Å²) in [6.45, 7) is 6.71. The molecule has 1 N–H and O–H groups in total. The maximum atomic E-state index is 11.8. The summed E-state index contributed by atoms with van der Waals surface area (Å²) in [4.78, 5) is 19.8. The fraction of sp³-hybridized carbons (Fsp3) is 0.647. The molecule has 0 aromatic carbocycles. The first-order valence-corrected chi connectivity index (χ1v) is 8.99. The molecule has 0 saturated carbocycles. The summed E-state index contributed by atoms with van der Waals surface area (Å²) in [6, 6.07) is 4.27. The number of nitrogens with one attached hydrogen (secondary N) is 1. The molecule has 3 atom stereocenters. The van der Waals surface area contributed by atoms with Gasteiger partial charge in [0.1, 0.15) is 0 Å². The molecular weight excluding hydrogens is 310 g/mol. The summed E-state index contributed by atoms with van der Waals surface area (Å²) < 4.78 is 4.90. The van der Waals surface area contributed by atoms with Crippen LogP contribution in [0.5, 0.6) is 0 Å². The number of ether oxygens (including phenoxy) is 1. The Kier molecular flexibility index (Phi) is 6.45. The van der Waals surface area contributed by atoms with Gasteiger partial charge in [-0.25, -0.2) is 0 Å². The lowest BCUT2D eigenvalue weighted by molar-refractivity contribution is -0.145. The molecular formula is C17H27N3O2S. The van der Waals surface area contributed by atoms with Crippen LogP contribution in [0.3, 0.4) is 0 Å². The number of nitrogens with zero attached hydrogens (tertiary/aromatic N) is 2. The second kappa shape index (κ2) is 8.34. The van der Waals surface area contributed by atoms with Crippen LogP contribution in [0.15, 0.2) is 22.5 Å². The van der Waals surface area contributed by atoms with E-state index in [1.54, 1.807) is 18.4 Å². The third-order valence-corrected chi connectivity index (χ3v) is 5.26. The molecule has 0 spiro atoms. The minimum atomic E-state index is -0.124. The normalized spacial score (nSPS) is 23.0. The highest BCUT2D eigenvalue weighted by Crippen LogP contribution is 2.24. The zero-order valence-corrected chi connectivity index (χ0v) is 15.2. The van der Waals surface area contributed by atoms with Crippen molar-refractivity contribution >= 4 is 23.3 Å². The van der Waals surface area contributed by atoms with Gasteiger partial charge in [-0.1, -0.05) is 19.9 Å². The van der Waals surface area contributed by atoms with E-state index in [2.05, 4.69) is 46.6 Å². The van der Waals surface area contributed by atoms with Crippen LogP contribution in [0.25, 0.3) is 0 Å². The standard InChI is InChI=1S/C17H27N3O2S/c1-12(8-14-6-5-7-23-14)9-19-17(18-3)20-10-13(2)15(11-20)16(21)22-4/h5-7,12-13,15H,8-11H2,1-4H3,(H,18,19). The van der Waals surface area contributed by atoms with Gasteiger partial charge in [0.25, 0.3) is 0 Å². The molecule has 6 heteroatoms. The molecule has 1 aliphatic heterocycles. The number of aliphatic imine (C=N–C) groups is 1. The van der Waals surface area contributed by atoms with E-state index in [9.17, 15) is 4.79 Å². The van der Waals surface area contributed by atoms with Crippen molar-refractivity contribution in [1.29, 1.82) is 0 Å². The molecule has 128 valence electrons. The van der Waals surface area contributed by atoms with Crippen molar-refractivity contribution in [2.24, 2.45) is 22.7 Å². The first-order chi connectivity index (χ1) is 11.0. The number of guanidine groups is 1. The molecule has 23 heavy (non-hydrogen) atoms. The fourth-order valence-electron chi connectivity index (χ4n) is 3.04. The van der Waals surface area contributed by atoms with Crippen LogP contribution in [-0.4, -0.2) is 50.6 Å². The van der Waals surface area contributed by atoms with Crippen LogP contribution >= 0.6 is 11.3 Å². The SMILES string of the molecule is CN=C(NCC(C)Cc1cccs1)N1CC(C)C(C(=O)OC)C1. The largest absolute Gasteiger partial charge is 0.469 e. The molecule has 2 heterocycles. The zero-order valence-electron chi connectivity index (χ0n) is 14.4. The quantitative estimate of drug-likeness (QED) is 0.509. The smallest absolute Gasteiger partial charge is 0.310 e. The first kappa shape index (κ1) is 17.8. The third kappa shape index (κ3) is 4.70. The number of hydrogen-bond acceptors (Lipinski definition) is 4. The van der Waals surface area contributed by atoms with Crippen LogP contribution in [0.2, 0.25) is 0 Å². The topological polar surface area (TPSA) is 53.9 Å².